The molecule has 3 heterocycles. The molecule has 0 spiro atoms. The van der Waals surface area contributed by atoms with Gasteiger partial charge in [-0.25, -0.2) is 9.78 Å². The van der Waals surface area contributed by atoms with Gasteiger partial charge >= 0.3 is 5.69 Å². The summed E-state index contributed by atoms with van der Waals surface area (Å²) in [5.74, 6) is 0.194. The van der Waals surface area contributed by atoms with Crippen molar-refractivity contribution in [2.24, 2.45) is 5.92 Å². The van der Waals surface area contributed by atoms with Crippen LogP contribution in [-0.2, 0) is 17.7 Å². The van der Waals surface area contributed by atoms with Gasteiger partial charge in [0.1, 0.15) is 5.65 Å². The number of carbonyl (C=O) groups is 1. The van der Waals surface area contributed by atoms with Crippen molar-refractivity contribution in [1.82, 2.24) is 19.4 Å². The Bertz CT molecular complexity index is 988. The van der Waals surface area contributed by atoms with Gasteiger partial charge < -0.3 is 4.74 Å². The number of aromatic amines is 1. The lowest BCUT2D eigenvalue weighted by Gasteiger charge is -2.26. The molecule has 27 heavy (non-hydrogen) atoms. The number of ketones is 1. The highest BCUT2D eigenvalue weighted by Gasteiger charge is 2.27. The first-order chi connectivity index (χ1) is 13.0. The van der Waals surface area contributed by atoms with Crippen LogP contribution in [0.15, 0.2) is 15.8 Å². The number of hydrogen-bond acceptors (Lipinski definition) is 6. The topological polar surface area (TPSA) is 97.3 Å². The summed E-state index contributed by atoms with van der Waals surface area (Å²) in [6, 6.07) is 0. The first kappa shape index (κ1) is 18.1. The van der Waals surface area contributed by atoms with E-state index < -0.39 is 11.2 Å². The Hall–Kier alpha value is -2.32. The fraction of sp³-hybridized carbons (Fsp3) is 0.579. The van der Waals surface area contributed by atoms with Gasteiger partial charge in [-0.05, 0) is 24.3 Å². The van der Waals surface area contributed by atoms with Gasteiger partial charge in [-0.3, -0.25) is 24.0 Å². The van der Waals surface area contributed by atoms with Crippen molar-refractivity contribution >= 4 is 16.8 Å². The average Bonchev–Trinajstić information content (AvgIpc) is 2.64. The van der Waals surface area contributed by atoms with E-state index in [4.69, 9.17) is 4.74 Å². The lowest BCUT2D eigenvalue weighted by atomic mass is 9.84. The van der Waals surface area contributed by atoms with E-state index in [0.29, 0.717) is 36.0 Å². The average molecular weight is 372 g/mol. The maximum atomic E-state index is 12.5. The van der Waals surface area contributed by atoms with E-state index in [1.54, 1.807) is 0 Å². The Morgan fingerprint density at radius 3 is 2.74 bits per heavy atom. The number of fused-ring (bicyclic) bond motifs is 3. The van der Waals surface area contributed by atoms with Gasteiger partial charge in [0.15, 0.2) is 5.78 Å². The van der Waals surface area contributed by atoms with Crippen LogP contribution in [0.4, 0.5) is 0 Å². The number of nitrogens with one attached hydrogen (secondary N) is 1. The fourth-order valence-electron chi connectivity index (χ4n) is 4.09. The van der Waals surface area contributed by atoms with Crippen molar-refractivity contribution in [2.45, 2.75) is 32.7 Å². The van der Waals surface area contributed by atoms with Gasteiger partial charge in [0, 0.05) is 44.4 Å². The number of hydrogen-bond donors (Lipinski definition) is 1. The van der Waals surface area contributed by atoms with Crippen molar-refractivity contribution in [2.75, 3.05) is 32.8 Å². The van der Waals surface area contributed by atoms with Crippen molar-refractivity contribution in [1.29, 1.82) is 0 Å². The minimum Gasteiger partial charge on any atom is -0.379 e. The number of rotatable bonds is 4. The third kappa shape index (κ3) is 3.46. The van der Waals surface area contributed by atoms with Gasteiger partial charge in [-0.2, -0.15) is 0 Å². The quantitative estimate of drug-likeness (QED) is 0.843. The van der Waals surface area contributed by atoms with Gasteiger partial charge in [0.2, 0.25) is 0 Å². The van der Waals surface area contributed by atoms with E-state index in [-0.39, 0.29) is 11.7 Å². The van der Waals surface area contributed by atoms with E-state index >= 15 is 0 Å². The van der Waals surface area contributed by atoms with Crippen LogP contribution in [-0.4, -0.2) is 58.1 Å². The second kappa shape index (κ2) is 7.36. The summed E-state index contributed by atoms with van der Waals surface area (Å²) in [5, 5.41) is 0.387. The van der Waals surface area contributed by atoms with Crippen LogP contribution >= 0.6 is 0 Å². The molecule has 1 N–H and O–H groups in total. The van der Waals surface area contributed by atoms with Crippen molar-refractivity contribution in [3.05, 3.63) is 38.2 Å². The maximum Gasteiger partial charge on any atom is 0.329 e. The van der Waals surface area contributed by atoms with Gasteiger partial charge in [0.25, 0.3) is 5.56 Å². The molecule has 8 heteroatoms. The zero-order valence-corrected chi connectivity index (χ0v) is 15.5. The summed E-state index contributed by atoms with van der Waals surface area (Å²) in [5.41, 5.74) is 0.728. The van der Waals surface area contributed by atoms with E-state index in [1.807, 2.05) is 6.92 Å². The van der Waals surface area contributed by atoms with E-state index in [1.165, 1.54) is 10.8 Å². The molecule has 1 aliphatic heterocycles. The third-order valence-corrected chi connectivity index (χ3v) is 5.46. The number of ether oxygens (including phenoxy) is 1. The summed E-state index contributed by atoms with van der Waals surface area (Å²) in [6.45, 7) is 6.60. The van der Waals surface area contributed by atoms with E-state index in [0.717, 1.165) is 44.8 Å². The largest absolute Gasteiger partial charge is 0.379 e. The predicted molar refractivity (Wildman–Crippen MR) is 100 cm³/mol. The Labute approximate surface area is 156 Å². The Morgan fingerprint density at radius 2 is 1.96 bits per heavy atom. The van der Waals surface area contributed by atoms with Crippen molar-refractivity contribution in [3.8, 4) is 0 Å². The molecule has 0 bridgehead atoms. The first-order valence-electron chi connectivity index (χ1n) is 9.52. The number of Topliss-reactive ketones (excluding diaryl/α,β-unsaturated/α-hetero) is 1. The molecule has 4 rings (SSSR count). The summed E-state index contributed by atoms with van der Waals surface area (Å²) < 4.78 is 6.88. The van der Waals surface area contributed by atoms with Gasteiger partial charge in [-0.1, -0.05) is 6.92 Å². The summed E-state index contributed by atoms with van der Waals surface area (Å²) in [6.07, 6.45) is 3.42. The molecule has 0 aromatic carbocycles. The first-order valence-corrected chi connectivity index (χ1v) is 9.52. The number of nitrogens with zero attached hydrogens (tertiary/aromatic N) is 3. The molecule has 1 atom stereocenters. The minimum absolute atomic E-state index is 0.0163. The number of aryl methyl sites for hydroxylation is 1. The van der Waals surface area contributed by atoms with Crippen LogP contribution in [0, 0.1) is 5.92 Å². The molecule has 1 saturated heterocycles. The van der Waals surface area contributed by atoms with Crippen LogP contribution < -0.4 is 11.2 Å². The molecular formula is C19H24N4O4. The molecule has 0 saturated carbocycles. The van der Waals surface area contributed by atoms with Crippen molar-refractivity contribution in [3.63, 3.8) is 0 Å². The van der Waals surface area contributed by atoms with Gasteiger partial charge in [0.05, 0.1) is 18.6 Å². The Balaban J connectivity index is 1.69. The molecule has 2 aromatic heterocycles. The Kier molecular flexibility index (Phi) is 4.92. The number of carbonyl (C=O) groups excluding carboxylic acids is 1. The molecular weight excluding hydrogens is 348 g/mol. The normalized spacial score (nSPS) is 20.8. The van der Waals surface area contributed by atoms with Crippen LogP contribution in [0.5, 0.6) is 0 Å². The summed E-state index contributed by atoms with van der Waals surface area (Å²) in [4.78, 5) is 46.3. The SMILES string of the molecule is C[C@H]1CC(=O)c2cnc3c(c2C1)c(=O)[nH]c(=O)n3CCCN1CCOCC1. The lowest BCUT2D eigenvalue weighted by molar-refractivity contribution is 0.0369. The molecule has 2 aliphatic rings. The molecule has 8 nitrogen and oxygen atoms in total. The molecule has 0 amide bonds. The fourth-order valence-corrected chi connectivity index (χ4v) is 4.09. The van der Waals surface area contributed by atoms with E-state index in [9.17, 15) is 14.4 Å². The highest BCUT2D eigenvalue weighted by molar-refractivity contribution is 6.02. The second-order valence-electron chi connectivity index (χ2n) is 7.50. The highest BCUT2D eigenvalue weighted by Crippen LogP contribution is 2.28. The zero-order valence-electron chi connectivity index (χ0n) is 15.5. The molecule has 0 radical (unpaired) electrons. The third-order valence-electron chi connectivity index (χ3n) is 5.46. The molecule has 144 valence electrons. The monoisotopic (exact) mass is 372 g/mol. The summed E-state index contributed by atoms with van der Waals surface area (Å²) >= 11 is 0. The Morgan fingerprint density at radius 1 is 1.19 bits per heavy atom. The van der Waals surface area contributed by atoms with E-state index in [2.05, 4.69) is 14.9 Å². The number of morpholine rings is 1. The lowest BCUT2D eigenvalue weighted by Crippen LogP contribution is -2.38. The predicted octanol–water partition coefficient (Wildman–Crippen LogP) is 0.572. The minimum atomic E-state index is -0.453. The molecule has 1 aliphatic carbocycles. The van der Waals surface area contributed by atoms with Crippen molar-refractivity contribution < 1.29 is 9.53 Å². The van der Waals surface area contributed by atoms with Gasteiger partial charge in [-0.15, -0.1) is 0 Å². The highest BCUT2D eigenvalue weighted by atomic mass is 16.5. The molecule has 0 unspecified atom stereocenters. The van der Waals surface area contributed by atoms with Crippen LogP contribution in [0.2, 0.25) is 0 Å². The number of aromatic nitrogens is 3. The van der Waals surface area contributed by atoms with Crippen LogP contribution in [0.3, 0.4) is 0 Å². The molecule has 2 aromatic rings. The van der Waals surface area contributed by atoms with Crippen LogP contribution in [0.25, 0.3) is 11.0 Å². The number of pyridine rings is 1. The molecule has 1 fully saturated rings. The standard InChI is InChI=1S/C19H24N4O4/c1-12-9-13-14(15(24)10-12)11-20-17-16(13)18(25)21-19(26)23(17)4-2-3-22-5-7-27-8-6-22/h11-12H,2-10H2,1H3,(H,21,25,26)/t12-/m1/s1. The second-order valence-corrected chi connectivity index (χ2v) is 7.50. The maximum absolute atomic E-state index is 12.5. The smallest absolute Gasteiger partial charge is 0.329 e. The number of H-pyrrole nitrogens is 1. The zero-order chi connectivity index (χ0) is 19.0. The summed E-state index contributed by atoms with van der Waals surface area (Å²) in [7, 11) is 0. The van der Waals surface area contributed by atoms with Crippen LogP contribution in [0.1, 0.15) is 35.7 Å².